The van der Waals surface area contributed by atoms with Crippen LogP contribution in [0.3, 0.4) is 0 Å². The van der Waals surface area contributed by atoms with Gasteiger partial charge < -0.3 is 24.5 Å². The third-order valence-corrected chi connectivity index (χ3v) is 4.74. The molecule has 156 valence electrons. The summed E-state index contributed by atoms with van der Waals surface area (Å²) in [5.74, 6) is 0.197. The van der Waals surface area contributed by atoms with Gasteiger partial charge in [-0.25, -0.2) is 0 Å². The molecule has 0 aliphatic rings. The van der Waals surface area contributed by atoms with Gasteiger partial charge in [0.15, 0.2) is 0 Å². The zero-order valence-corrected chi connectivity index (χ0v) is 17.0. The molecule has 0 saturated carbocycles. The maximum absolute atomic E-state index is 13.0. The summed E-state index contributed by atoms with van der Waals surface area (Å²) >= 11 is 0. The van der Waals surface area contributed by atoms with Gasteiger partial charge in [-0.1, -0.05) is 24.3 Å². The second-order valence-electron chi connectivity index (χ2n) is 6.64. The van der Waals surface area contributed by atoms with Crippen molar-refractivity contribution in [2.75, 3.05) is 24.9 Å². The summed E-state index contributed by atoms with van der Waals surface area (Å²) in [5, 5.41) is 6.21. The van der Waals surface area contributed by atoms with Crippen molar-refractivity contribution in [3.8, 4) is 11.5 Å². The van der Waals surface area contributed by atoms with Crippen molar-refractivity contribution in [1.29, 1.82) is 0 Å². The minimum atomic E-state index is -0.489. The molecule has 0 radical (unpaired) electrons. The van der Waals surface area contributed by atoms with E-state index in [0.717, 1.165) is 0 Å². The van der Waals surface area contributed by atoms with Crippen molar-refractivity contribution >= 4 is 34.2 Å². The molecule has 0 spiro atoms. The highest BCUT2D eigenvalue weighted by Gasteiger charge is 2.23. The van der Waals surface area contributed by atoms with Crippen molar-refractivity contribution in [1.82, 2.24) is 0 Å². The predicted molar refractivity (Wildman–Crippen MR) is 118 cm³/mol. The van der Waals surface area contributed by atoms with Gasteiger partial charge in [0.1, 0.15) is 22.8 Å². The first kappa shape index (κ1) is 20.0. The Labute approximate surface area is 178 Å². The number of benzene rings is 3. The molecule has 1 aromatic heterocycles. The predicted octanol–water partition coefficient (Wildman–Crippen LogP) is 4.95. The van der Waals surface area contributed by atoms with E-state index in [0.29, 0.717) is 33.7 Å². The van der Waals surface area contributed by atoms with E-state index in [-0.39, 0.29) is 11.4 Å². The molecule has 31 heavy (non-hydrogen) atoms. The molecule has 7 nitrogen and oxygen atoms in total. The summed E-state index contributed by atoms with van der Waals surface area (Å²) in [7, 11) is 3.06. The fraction of sp³-hybridized carbons (Fsp3) is 0.0833. The van der Waals surface area contributed by atoms with Gasteiger partial charge in [0.05, 0.1) is 19.8 Å². The summed E-state index contributed by atoms with van der Waals surface area (Å²) in [6.45, 7) is 0. The van der Waals surface area contributed by atoms with E-state index in [9.17, 15) is 9.59 Å². The molecule has 2 amide bonds. The van der Waals surface area contributed by atoms with Gasteiger partial charge in [-0.2, -0.15) is 0 Å². The monoisotopic (exact) mass is 416 g/mol. The first-order valence-electron chi connectivity index (χ1n) is 9.52. The molecule has 7 heteroatoms. The van der Waals surface area contributed by atoms with Crippen molar-refractivity contribution in [3.63, 3.8) is 0 Å². The topological polar surface area (TPSA) is 89.8 Å². The summed E-state index contributed by atoms with van der Waals surface area (Å²) in [6.07, 6.45) is 0. The van der Waals surface area contributed by atoms with Crippen LogP contribution in [-0.2, 0) is 0 Å². The molecule has 4 rings (SSSR count). The summed E-state index contributed by atoms with van der Waals surface area (Å²) in [6, 6.07) is 20.9. The molecule has 4 aromatic rings. The fourth-order valence-electron chi connectivity index (χ4n) is 3.20. The molecule has 2 N–H and O–H groups in total. The van der Waals surface area contributed by atoms with Gasteiger partial charge in [0.25, 0.3) is 11.8 Å². The Balaban J connectivity index is 1.68. The van der Waals surface area contributed by atoms with Crippen molar-refractivity contribution in [2.45, 2.75) is 0 Å². The lowest BCUT2D eigenvalue weighted by Gasteiger charge is -2.10. The van der Waals surface area contributed by atoms with Gasteiger partial charge in [0.2, 0.25) is 5.76 Å². The molecule has 0 bridgehead atoms. The Kier molecular flexibility index (Phi) is 5.57. The van der Waals surface area contributed by atoms with E-state index in [4.69, 9.17) is 13.9 Å². The van der Waals surface area contributed by atoms with Crippen LogP contribution in [0.25, 0.3) is 11.0 Å². The van der Waals surface area contributed by atoms with Crippen LogP contribution in [0.15, 0.2) is 77.2 Å². The third-order valence-electron chi connectivity index (χ3n) is 4.74. The van der Waals surface area contributed by atoms with E-state index >= 15 is 0 Å². The lowest BCUT2D eigenvalue weighted by molar-refractivity contribution is 0.0999. The molecule has 0 aliphatic carbocycles. The number of carbonyl (C=O) groups excluding carboxylic acids is 2. The van der Waals surface area contributed by atoms with Crippen LogP contribution in [0.5, 0.6) is 11.5 Å². The molecule has 0 aliphatic heterocycles. The Morgan fingerprint density at radius 2 is 1.48 bits per heavy atom. The van der Waals surface area contributed by atoms with E-state index in [1.807, 2.05) is 6.07 Å². The third kappa shape index (κ3) is 4.06. The molecule has 0 fully saturated rings. The van der Waals surface area contributed by atoms with E-state index in [1.165, 1.54) is 7.11 Å². The number of hydrogen-bond acceptors (Lipinski definition) is 5. The number of amides is 2. The maximum atomic E-state index is 13.0. The highest BCUT2D eigenvalue weighted by Crippen LogP contribution is 2.32. The lowest BCUT2D eigenvalue weighted by Crippen LogP contribution is -2.17. The average molecular weight is 416 g/mol. The summed E-state index contributed by atoms with van der Waals surface area (Å²) < 4.78 is 16.2. The number of carbonyl (C=O) groups is 2. The number of ether oxygens (including phenoxy) is 2. The Morgan fingerprint density at radius 3 is 2.23 bits per heavy atom. The van der Waals surface area contributed by atoms with Crippen LogP contribution in [0, 0.1) is 0 Å². The minimum Gasteiger partial charge on any atom is -0.497 e. The van der Waals surface area contributed by atoms with Gasteiger partial charge in [-0.3, -0.25) is 9.59 Å². The van der Waals surface area contributed by atoms with Crippen LogP contribution in [0.1, 0.15) is 20.9 Å². The number of hydrogen-bond donors (Lipinski definition) is 2. The largest absolute Gasteiger partial charge is 0.497 e. The quantitative estimate of drug-likeness (QED) is 0.464. The number of methoxy groups -OCH3 is 2. The van der Waals surface area contributed by atoms with Crippen molar-refractivity contribution < 1.29 is 23.5 Å². The van der Waals surface area contributed by atoms with Gasteiger partial charge in [-0.05, 0) is 48.5 Å². The number of fused-ring (bicyclic) bond motifs is 1. The molecule has 0 atom stereocenters. The highest BCUT2D eigenvalue weighted by molar-refractivity contribution is 6.17. The molecule has 3 aromatic carbocycles. The van der Waals surface area contributed by atoms with Crippen LogP contribution in [-0.4, -0.2) is 26.0 Å². The van der Waals surface area contributed by atoms with E-state index in [1.54, 1.807) is 73.8 Å². The molecule has 1 heterocycles. The summed E-state index contributed by atoms with van der Waals surface area (Å²) in [5.41, 5.74) is 1.68. The van der Waals surface area contributed by atoms with Crippen LogP contribution >= 0.6 is 0 Å². The smallest absolute Gasteiger partial charge is 0.293 e. The van der Waals surface area contributed by atoms with Crippen molar-refractivity contribution in [3.05, 3.63) is 84.1 Å². The first-order chi connectivity index (χ1) is 15.1. The van der Waals surface area contributed by atoms with Gasteiger partial charge in [-0.15, -0.1) is 0 Å². The average Bonchev–Trinajstić information content (AvgIpc) is 3.18. The number of para-hydroxylation sites is 2. The first-order valence-corrected chi connectivity index (χ1v) is 9.52. The van der Waals surface area contributed by atoms with E-state index < -0.39 is 11.8 Å². The second-order valence-corrected chi connectivity index (χ2v) is 6.64. The lowest BCUT2D eigenvalue weighted by atomic mass is 10.1. The Hall–Kier alpha value is -4.26. The van der Waals surface area contributed by atoms with E-state index in [2.05, 4.69) is 10.6 Å². The number of furan rings is 1. The van der Waals surface area contributed by atoms with Gasteiger partial charge in [0, 0.05) is 11.1 Å². The number of anilines is 2. The summed E-state index contributed by atoms with van der Waals surface area (Å²) in [4.78, 5) is 25.9. The Morgan fingerprint density at radius 1 is 0.774 bits per heavy atom. The number of rotatable bonds is 6. The molecular formula is C24H20N2O5. The Bertz CT molecular complexity index is 1240. The zero-order valence-electron chi connectivity index (χ0n) is 17.0. The second kappa shape index (κ2) is 8.62. The SMILES string of the molecule is COc1ccc(NC(=O)c2oc3ccccc3c2NC(=O)c2ccccc2OC)cc1. The van der Waals surface area contributed by atoms with Gasteiger partial charge >= 0.3 is 0 Å². The zero-order chi connectivity index (χ0) is 21.8. The molecular weight excluding hydrogens is 396 g/mol. The standard InChI is InChI=1S/C24H20N2O5/c1-29-16-13-11-15(12-14-16)25-24(28)22-21(17-7-3-6-10-20(17)31-22)26-23(27)18-8-4-5-9-19(18)30-2/h3-14H,1-2H3,(H,25,28)(H,26,27). The highest BCUT2D eigenvalue weighted by atomic mass is 16.5. The van der Waals surface area contributed by atoms with Crippen LogP contribution in [0.4, 0.5) is 11.4 Å². The maximum Gasteiger partial charge on any atom is 0.293 e. The van der Waals surface area contributed by atoms with Crippen LogP contribution < -0.4 is 20.1 Å². The molecule has 0 unspecified atom stereocenters. The molecule has 0 saturated heterocycles. The fourth-order valence-corrected chi connectivity index (χ4v) is 3.20. The normalized spacial score (nSPS) is 10.5. The number of nitrogens with one attached hydrogen (secondary N) is 2. The van der Waals surface area contributed by atoms with Crippen LogP contribution in [0.2, 0.25) is 0 Å². The van der Waals surface area contributed by atoms with Crippen molar-refractivity contribution in [2.24, 2.45) is 0 Å². The minimum absolute atomic E-state index is 0.000246.